The monoisotopic (exact) mass is 801 g/mol. The fourth-order valence-electron chi connectivity index (χ4n) is 21.5. The van der Waals surface area contributed by atoms with E-state index in [2.05, 4.69) is 192 Å². The lowest BCUT2D eigenvalue weighted by molar-refractivity contribution is -0.00963. The minimum atomic E-state index is -2.38. The summed E-state index contributed by atoms with van der Waals surface area (Å²) in [7, 11) is -7.88. The molecule has 304 valence electrons. The van der Waals surface area contributed by atoms with Crippen molar-refractivity contribution < 1.29 is 0 Å². The third kappa shape index (κ3) is 5.44. The van der Waals surface area contributed by atoms with Crippen molar-refractivity contribution in [3.05, 3.63) is 0 Å². The Hall–Kier alpha value is 0.954. The summed E-state index contributed by atoms with van der Waals surface area (Å²) in [5.41, 5.74) is 0.523. The molecule has 0 atom stereocenters. The highest BCUT2D eigenvalue weighted by molar-refractivity contribution is 8.15. The lowest BCUT2D eigenvalue weighted by atomic mass is 9.50. The standard InChI is InChI=1S/C47H96Si5/c1-38(2,3)50(39(4,5)6,40(7,8)9)48-37(47-31-34-28-35(32-47)30-36(29-34)33-47)49(48,51(41(10,11)12,42(13,14)15)43(16,17)18)52(44(19,20)21,45(22,23)24)46(25,26)27/h34-36H,28-33H2,1-27H3. The van der Waals surface area contributed by atoms with E-state index in [1.165, 1.54) is 0 Å². The molecule has 1 aliphatic heterocycles. The second-order valence-electron chi connectivity index (χ2n) is 29.2. The van der Waals surface area contributed by atoms with Gasteiger partial charge in [-0.3, -0.25) is 0 Å². The molecule has 4 saturated carbocycles. The van der Waals surface area contributed by atoms with Crippen molar-refractivity contribution in [2.24, 2.45) is 23.2 Å². The van der Waals surface area contributed by atoms with Gasteiger partial charge in [0.15, 0.2) is 0 Å². The van der Waals surface area contributed by atoms with Crippen LogP contribution >= 0.6 is 0 Å². The van der Waals surface area contributed by atoms with Crippen molar-refractivity contribution >= 4 is 41.6 Å². The zero-order chi connectivity index (χ0) is 41.1. The van der Waals surface area contributed by atoms with Crippen LogP contribution in [0.2, 0.25) is 45.3 Å². The Morgan fingerprint density at radius 3 is 0.769 bits per heavy atom. The van der Waals surface area contributed by atoms with Gasteiger partial charge in [-0.2, -0.15) is 0 Å². The zero-order valence-electron chi connectivity index (χ0n) is 41.0. The fraction of sp³-hybridized carbons (Fsp3) is 0.979. The van der Waals surface area contributed by atoms with Crippen molar-refractivity contribution in [1.29, 1.82) is 0 Å². The molecule has 4 bridgehead atoms. The van der Waals surface area contributed by atoms with Crippen molar-refractivity contribution in [3.8, 4) is 0 Å². The first-order chi connectivity index (χ1) is 22.5. The molecule has 5 heteroatoms. The van der Waals surface area contributed by atoms with Crippen LogP contribution in [0.3, 0.4) is 0 Å². The van der Waals surface area contributed by atoms with E-state index in [0.29, 0.717) is 50.8 Å². The van der Waals surface area contributed by atoms with Gasteiger partial charge < -0.3 is 0 Å². The van der Waals surface area contributed by atoms with E-state index >= 15 is 0 Å². The number of rotatable bonds is 4. The summed E-state index contributed by atoms with van der Waals surface area (Å²) in [6.45, 7) is 74.6. The van der Waals surface area contributed by atoms with Gasteiger partial charge in [-0.15, -0.1) is 4.79 Å². The highest BCUT2D eigenvalue weighted by Gasteiger charge is 2.93. The quantitative estimate of drug-likeness (QED) is 0.249. The Bertz CT molecular complexity index is 1220. The molecule has 0 saturated heterocycles. The predicted molar refractivity (Wildman–Crippen MR) is 252 cm³/mol. The SMILES string of the molecule is CC(C)(C)[Si]([Si]1=C(C23CC4CC(CC(C4)C2)C3)[Si]1([Si](C(C)(C)C)(C(C)(C)C)C(C)(C)C)[Si](C(C)(C)C)(C(C)(C)C)C(C)(C)C)(C(C)(C)C)C(C)(C)C. The lowest BCUT2D eigenvalue weighted by Crippen LogP contribution is -2.92. The van der Waals surface area contributed by atoms with E-state index < -0.39 is 36.8 Å². The van der Waals surface area contributed by atoms with E-state index in [9.17, 15) is 0 Å². The van der Waals surface area contributed by atoms with Gasteiger partial charge in [0.1, 0.15) is 0 Å². The molecule has 0 unspecified atom stereocenters. The third-order valence-corrected chi connectivity index (χ3v) is 111. The topological polar surface area (TPSA) is 0 Å². The molecule has 0 amide bonds. The van der Waals surface area contributed by atoms with Crippen LogP contribution < -0.4 is 0 Å². The van der Waals surface area contributed by atoms with Crippen LogP contribution in [0.15, 0.2) is 0 Å². The largest absolute Gasteiger partial charge is 0.101 e. The van der Waals surface area contributed by atoms with Crippen LogP contribution in [0.1, 0.15) is 225 Å². The van der Waals surface area contributed by atoms with Gasteiger partial charge in [0.2, 0.25) is 0 Å². The molecular weight excluding hydrogens is 705 g/mol. The molecule has 4 fully saturated rings. The summed E-state index contributed by atoms with van der Waals surface area (Å²) < 4.78 is 0. The molecule has 0 aromatic heterocycles. The lowest BCUT2D eigenvalue weighted by Gasteiger charge is -2.77. The van der Waals surface area contributed by atoms with Gasteiger partial charge in [0.05, 0.1) is 29.4 Å². The molecule has 1 heterocycles. The Kier molecular flexibility index (Phi) is 10.5. The highest BCUT2D eigenvalue weighted by Crippen LogP contribution is 2.82. The molecule has 4 aliphatic carbocycles. The molecule has 0 radical (unpaired) electrons. The third-order valence-electron chi connectivity index (χ3n) is 17.1. The first-order valence-corrected chi connectivity index (χ1v) is 35.7. The zero-order valence-corrected chi connectivity index (χ0v) is 46.0. The molecule has 52 heavy (non-hydrogen) atoms. The van der Waals surface area contributed by atoms with E-state index in [4.69, 9.17) is 0 Å². The molecule has 0 aromatic carbocycles. The van der Waals surface area contributed by atoms with Crippen molar-refractivity contribution in [2.75, 3.05) is 0 Å². The second kappa shape index (κ2) is 12.0. The van der Waals surface area contributed by atoms with Crippen LogP contribution in [0.5, 0.6) is 0 Å². The molecule has 0 nitrogen and oxygen atoms in total. The summed E-state index contributed by atoms with van der Waals surface area (Å²) in [5.74, 6) is 2.98. The van der Waals surface area contributed by atoms with Gasteiger partial charge in [0, 0.05) is 0 Å². The maximum atomic E-state index is 2.86. The van der Waals surface area contributed by atoms with Crippen molar-refractivity contribution in [2.45, 2.75) is 271 Å². The molecular formula is C47H96Si5. The van der Waals surface area contributed by atoms with Gasteiger partial charge >= 0.3 is 0 Å². The minimum Gasteiger partial charge on any atom is -0.101 e. The summed E-state index contributed by atoms with van der Waals surface area (Å²) in [6.07, 6.45) is 9.41. The van der Waals surface area contributed by atoms with Crippen LogP contribution in [-0.4, -0.2) is 41.6 Å². The first kappa shape index (κ1) is 45.7. The van der Waals surface area contributed by atoms with E-state index in [0.717, 1.165) is 17.8 Å². The van der Waals surface area contributed by atoms with E-state index in [1.54, 1.807) is 38.5 Å². The van der Waals surface area contributed by atoms with Crippen LogP contribution in [0.25, 0.3) is 0 Å². The maximum Gasteiger partial charge on any atom is 0.0764 e. The van der Waals surface area contributed by atoms with E-state index in [-0.39, 0.29) is 0 Å². The Labute approximate surface area is 333 Å². The number of hydrogen-bond donors (Lipinski definition) is 0. The maximum absolute atomic E-state index is 2.86. The van der Waals surface area contributed by atoms with Crippen LogP contribution in [0.4, 0.5) is 0 Å². The normalized spacial score (nSPS) is 28.6. The Balaban J connectivity index is 2.63. The van der Waals surface area contributed by atoms with Gasteiger partial charge in [0.25, 0.3) is 0 Å². The molecule has 5 rings (SSSR count). The van der Waals surface area contributed by atoms with Gasteiger partial charge in [-0.05, 0) is 114 Å². The molecule has 5 aliphatic rings. The Morgan fingerprint density at radius 1 is 0.385 bits per heavy atom. The second-order valence-corrected chi connectivity index (χ2v) is 73.4. The van der Waals surface area contributed by atoms with Gasteiger partial charge in [-0.25, -0.2) is 0 Å². The first-order valence-electron chi connectivity index (χ1n) is 22.2. The van der Waals surface area contributed by atoms with Crippen LogP contribution in [-0.2, 0) is 0 Å². The Morgan fingerprint density at radius 2 is 0.596 bits per heavy atom. The van der Waals surface area contributed by atoms with E-state index in [1.807, 2.05) is 0 Å². The summed E-state index contributed by atoms with van der Waals surface area (Å²) >= 11 is 0. The average Bonchev–Trinajstić information content (AvgIpc) is 3.38. The molecule has 0 aromatic rings. The molecule has 0 N–H and O–H groups in total. The molecule has 0 spiro atoms. The van der Waals surface area contributed by atoms with Gasteiger partial charge in [-0.1, -0.05) is 187 Å². The number of hydrogen-bond acceptors (Lipinski definition) is 0. The average molecular weight is 802 g/mol. The van der Waals surface area contributed by atoms with Crippen molar-refractivity contribution in [3.63, 3.8) is 0 Å². The predicted octanol–water partition coefficient (Wildman–Crippen LogP) is 16.3. The minimum absolute atomic E-state index is 0.295. The summed E-state index contributed by atoms with van der Waals surface area (Å²) in [5, 5.41) is 2.73. The highest BCUT2D eigenvalue weighted by atomic mass is 30.0. The smallest absolute Gasteiger partial charge is 0.0764 e. The van der Waals surface area contributed by atoms with Crippen LogP contribution in [0, 0.1) is 23.2 Å². The summed E-state index contributed by atoms with van der Waals surface area (Å²) in [6, 6.07) is 0. The van der Waals surface area contributed by atoms with Crippen molar-refractivity contribution in [1.82, 2.24) is 0 Å². The fourth-order valence-corrected chi connectivity index (χ4v) is 204. The summed E-state index contributed by atoms with van der Waals surface area (Å²) in [4.78, 5) is 2.54.